The van der Waals surface area contributed by atoms with Crippen LogP contribution in [-0.4, -0.2) is 22.6 Å². The molecule has 1 heterocycles. The number of aliphatic hydroxyl groups excluding tert-OH is 1. The van der Waals surface area contributed by atoms with Gasteiger partial charge in [-0.1, -0.05) is 42.5 Å². The van der Waals surface area contributed by atoms with Crippen molar-refractivity contribution < 1.29 is 9.90 Å². The summed E-state index contributed by atoms with van der Waals surface area (Å²) in [5.41, 5.74) is 1.88. The third-order valence-corrected chi connectivity index (χ3v) is 4.72. The van der Waals surface area contributed by atoms with Crippen LogP contribution in [0.15, 0.2) is 54.6 Å². The molecule has 0 aliphatic carbocycles. The van der Waals surface area contributed by atoms with Crippen molar-refractivity contribution in [3.8, 4) is 0 Å². The molecular formula is C18H18N2O2S. The maximum absolute atomic E-state index is 12.1. The van der Waals surface area contributed by atoms with E-state index in [1.54, 1.807) is 11.3 Å². The predicted molar refractivity (Wildman–Crippen MR) is 92.4 cm³/mol. The molecule has 0 bridgehead atoms. The number of fused-ring (bicyclic) bond motifs is 1. The minimum absolute atomic E-state index is 0.0767. The summed E-state index contributed by atoms with van der Waals surface area (Å²) in [4.78, 5) is 16.7. The number of aliphatic hydroxyl groups is 1. The van der Waals surface area contributed by atoms with Crippen LogP contribution >= 0.6 is 11.3 Å². The van der Waals surface area contributed by atoms with E-state index in [1.165, 1.54) is 0 Å². The Bertz CT molecular complexity index is 753. The molecule has 2 N–H and O–H groups in total. The van der Waals surface area contributed by atoms with Crippen LogP contribution in [0.1, 0.15) is 23.0 Å². The summed E-state index contributed by atoms with van der Waals surface area (Å²) in [6.45, 7) is -0.114. The number of hydrogen-bond acceptors (Lipinski definition) is 4. The molecule has 1 unspecified atom stereocenters. The van der Waals surface area contributed by atoms with E-state index in [-0.39, 0.29) is 18.6 Å². The quantitative estimate of drug-likeness (QED) is 0.732. The summed E-state index contributed by atoms with van der Waals surface area (Å²) in [6, 6.07) is 17.1. The first-order valence-electron chi connectivity index (χ1n) is 7.56. The predicted octanol–water partition coefficient (Wildman–Crippen LogP) is 3.08. The van der Waals surface area contributed by atoms with Gasteiger partial charge in [0.2, 0.25) is 5.91 Å². The summed E-state index contributed by atoms with van der Waals surface area (Å²) >= 11 is 1.62. The highest BCUT2D eigenvalue weighted by atomic mass is 32.1. The number of nitrogens with zero attached hydrogens (tertiary/aromatic N) is 1. The zero-order valence-corrected chi connectivity index (χ0v) is 13.4. The van der Waals surface area contributed by atoms with Crippen LogP contribution in [0.4, 0.5) is 0 Å². The lowest BCUT2D eigenvalue weighted by Crippen LogP contribution is -2.30. The van der Waals surface area contributed by atoms with Crippen LogP contribution in [0.3, 0.4) is 0 Å². The summed E-state index contributed by atoms with van der Waals surface area (Å²) in [5, 5.41) is 13.3. The van der Waals surface area contributed by atoms with E-state index < -0.39 is 0 Å². The lowest BCUT2D eigenvalue weighted by atomic mass is 10.1. The minimum atomic E-state index is -0.362. The maximum Gasteiger partial charge on any atom is 0.220 e. The fourth-order valence-corrected chi connectivity index (χ4v) is 3.40. The maximum atomic E-state index is 12.1. The largest absolute Gasteiger partial charge is 0.394 e. The van der Waals surface area contributed by atoms with Gasteiger partial charge in [0.25, 0.3) is 0 Å². The first-order valence-corrected chi connectivity index (χ1v) is 8.37. The minimum Gasteiger partial charge on any atom is -0.394 e. The Balaban J connectivity index is 1.58. The third kappa shape index (κ3) is 3.94. The van der Waals surface area contributed by atoms with Gasteiger partial charge in [0.1, 0.15) is 0 Å². The second-order valence-electron chi connectivity index (χ2n) is 5.29. The Labute approximate surface area is 138 Å². The van der Waals surface area contributed by atoms with Crippen molar-refractivity contribution in [2.75, 3.05) is 6.61 Å². The molecular weight excluding hydrogens is 308 g/mol. The van der Waals surface area contributed by atoms with Gasteiger partial charge in [-0.15, -0.1) is 11.3 Å². The Morgan fingerprint density at radius 2 is 1.87 bits per heavy atom. The van der Waals surface area contributed by atoms with Crippen molar-refractivity contribution in [3.63, 3.8) is 0 Å². The number of hydrogen-bond donors (Lipinski definition) is 2. The molecule has 3 aromatic rings. The van der Waals surface area contributed by atoms with E-state index in [0.29, 0.717) is 12.8 Å². The van der Waals surface area contributed by atoms with Gasteiger partial charge in [0.15, 0.2) is 0 Å². The number of carbonyl (C=O) groups is 1. The molecule has 3 rings (SSSR count). The number of thiazole rings is 1. The van der Waals surface area contributed by atoms with Crippen molar-refractivity contribution in [2.45, 2.75) is 18.9 Å². The number of nitrogens with one attached hydrogen (secondary N) is 1. The number of amides is 1. The SMILES string of the molecule is O=C(CCc1nc2ccccc2s1)NC(CO)c1ccccc1. The second-order valence-corrected chi connectivity index (χ2v) is 6.40. The van der Waals surface area contributed by atoms with Crippen molar-refractivity contribution in [3.05, 3.63) is 65.2 Å². The molecule has 118 valence electrons. The van der Waals surface area contributed by atoms with Gasteiger partial charge in [-0.05, 0) is 17.7 Å². The van der Waals surface area contributed by atoms with E-state index in [9.17, 15) is 9.90 Å². The highest BCUT2D eigenvalue weighted by molar-refractivity contribution is 7.18. The molecule has 2 aromatic carbocycles. The number of aryl methyl sites for hydroxylation is 1. The Morgan fingerprint density at radius 3 is 2.61 bits per heavy atom. The van der Waals surface area contributed by atoms with E-state index in [0.717, 1.165) is 20.8 Å². The first kappa shape index (κ1) is 15.6. The fourth-order valence-electron chi connectivity index (χ4n) is 2.43. The van der Waals surface area contributed by atoms with Crippen LogP contribution in [-0.2, 0) is 11.2 Å². The van der Waals surface area contributed by atoms with Crippen LogP contribution in [0.25, 0.3) is 10.2 Å². The highest BCUT2D eigenvalue weighted by Gasteiger charge is 2.14. The van der Waals surface area contributed by atoms with Gasteiger partial charge in [-0.25, -0.2) is 4.98 Å². The summed E-state index contributed by atoms with van der Waals surface area (Å²) < 4.78 is 1.14. The van der Waals surface area contributed by atoms with Crippen LogP contribution in [0.2, 0.25) is 0 Å². The molecule has 0 saturated carbocycles. The smallest absolute Gasteiger partial charge is 0.220 e. The van der Waals surface area contributed by atoms with E-state index in [2.05, 4.69) is 10.3 Å². The standard InChI is InChI=1S/C18H18N2O2S/c21-12-15(13-6-2-1-3-7-13)19-17(22)10-11-18-20-14-8-4-5-9-16(14)23-18/h1-9,15,21H,10-12H2,(H,19,22). The van der Waals surface area contributed by atoms with Crippen molar-refractivity contribution in [2.24, 2.45) is 0 Å². The monoisotopic (exact) mass is 326 g/mol. The summed E-state index contributed by atoms with van der Waals surface area (Å²) in [7, 11) is 0. The van der Waals surface area contributed by atoms with Crippen molar-refractivity contribution in [1.29, 1.82) is 0 Å². The number of para-hydroxylation sites is 1. The van der Waals surface area contributed by atoms with Gasteiger partial charge in [0, 0.05) is 12.8 Å². The Hall–Kier alpha value is -2.24. The lowest BCUT2D eigenvalue weighted by molar-refractivity contribution is -0.122. The number of rotatable bonds is 6. The molecule has 1 atom stereocenters. The molecule has 0 spiro atoms. The number of aromatic nitrogens is 1. The Morgan fingerprint density at radius 1 is 1.13 bits per heavy atom. The van der Waals surface area contributed by atoms with Crippen LogP contribution < -0.4 is 5.32 Å². The highest BCUT2D eigenvalue weighted by Crippen LogP contribution is 2.22. The third-order valence-electron chi connectivity index (χ3n) is 3.62. The van der Waals surface area contributed by atoms with Gasteiger partial charge < -0.3 is 10.4 Å². The van der Waals surface area contributed by atoms with Crippen molar-refractivity contribution >= 4 is 27.5 Å². The molecule has 23 heavy (non-hydrogen) atoms. The van der Waals surface area contributed by atoms with Gasteiger partial charge in [-0.3, -0.25) is 4.79 Å². The number of benzene rings is 2. The molecule has 5 heteroatoms. The van der Waals surface area contributed by atoms with E-state index >= 15 is 0 Å². The van der Waals surface area contributed by atoms with Gasteiger partial charge >= 0.3 is 0 Å². The molecule has 0 aliphatic heterocycles. The van der Waals surface area contributed by atoms with Gasteiger partial charge in [0.05, 0.1) is 27.9 Å². The zero-order chi connectivity index (χ0) is 16.1. The molecule has 1 aromatic heterocycles. The zero-order valence-electron chi connectivity index (χ0n) is 12.6. The van der Waals surface area contributed by atoms with Crippen molar-refractivity contribution in [1.82, 2.24) is 10.3 Å². The van der Waals surface area contributed by atoms with Gasteiger partial charge in [-0.2, -0.15) is 0 Å². The lowest BCUT2D eigenvalue weighted by Gasteiger charge is -2.16. The van der Waals surface area contributed by atoms with Crippen LogP contribution in [0, 0.1) is 0 Å². The normalized spacial score (nSPS) is 12.2. The Kier molecular flexibility index (Phi) is 5.00. The van der Waals surface area contributed by atoms with E-state index in [4.69, 9.17) is 0 Å². The first-order chi connectivity index (χ1) is 11.3. The van der Waals surface area contributed by atoms with E-state index in [1.807, 2.05) is 54.6 Å². The van der Waals surface area contributed by atoms with Crippen LogP contribution in [0.5, 0.6) is 0 Å². The molecule has 1 amide bonds. The topological polar surface area (TPSA) is 62.2 Å². The number of carbonyl (C=O) groups excluding carboxylic acids is 1. The summed E-state index contributed by atoms with van der Waals surface area (Å²) in [6.07, 6.45) is 0.973. The molecule has 0 radical (unpaired) electrons. The fraction of sp³-hybridized carbons (Fsp3) is 0.222. The molecule has 0 saturated heterocycles. The molecule has 0 fully saturated rings. The summed E-state index contributed by atoms with van der Waals surface area (Å²) in [5.74, 6) is -0.0767. The molecule has 4 nitrogen and oxygen atoms in total. The second kappa shape index (κ2) is 7.35. The average Bonchev–Trinajstić information content (AvgIpc) is 3.01. The molecule has 0 aliphatic rings. The average molecular weight is 326 g/mol.